The number of carbonyl (C=O) groups excluding carboxylic acids is 2. The minimum absolute atomic E-state index is 0.140. The summed E-state index contributed by atoms with van der Waals surface area (Å²) in [5, 5.41) is 16.2. The average Bonchev–Trinajstić information content (AvgIpc) is 3.40. The number of carboxylic acids is 1. The van der Waals surface area contributed by atoms with Crippen LogP contribution in [0.5, 0.6) is 0 Å². The summed E-state index contributed by atoms with van der Waals surface area (Å²) in [5.74, 6) is -2.11. The Balaban J connectivity index is 1.73. The number of rotatable bonds is 10. The third-order valence-corrected chi connectivity index (χ3v) is 8.16. The second-order valence-corrected chi connectivity index (χ2v) is 10.6. The van der Waals surface area contributed by atoms with Crippen molar-refractivity contribution in [3.05, 3.63) is 32.5 Å². The lowest BCUT2D eigenvalue weighted by Gasteiger charge is -2.37. The van der Waals surface area contributed by atoms with Gasteiger partial charge in [0.1, 0.15) is 10.6 Å². The molecular formula is C22H29ClIN5O6S. The van der Waals surface area contributed by atoms with E-state index >= 15 is 0 Å². The van der Waals surface area contributed by atoms with E-state index in [9.17, 15) is 19.5 Å². The Bertz CT molecular complexity index is 1120. The lowest BCUT2D eigenvalue weighted by Crippen LogP contribution is -2.55. The van der Waals surface area contributed by atoms with Crippen LogP contribution in [0, 0.1) is 6.92 Å². The Labute approximate surface area is 231 Å². The van der Waals surface area contributed by atoms with Crippen molar-refractivity contribution < 1.29 is 29.0 Å². The van der Waals surface area contributed by atoms with Gasteiger partial charge in [-0.3, -0.25) is 9.59 Å². The number of methoxy groups -OCH3 is 2. The highest BCUT2D eigenvalue weighted by Crippen LogP contribution is 2.30. The number of aromatic amines is 1. The van der Waals surface area contributed by atoms with Gasteiger partial charge in [0.05, 0.1) is 23.8 Å². The Morgan fingerprint density at radius 2 is 2.08 bits per heavy atom. The van der Waals surface area contributed by atoms with Gasteiger partial charge in [-0.1, -0.05) is 45.5 Å². The number of ether oxygens (including phenoxy) is 2. The number of aromatic nitrogens is 2. The molecule has 2 aromatic heterocycles. The number of hydrogen-bond acceptors (Lipinski definition) is 8. The van der Waals surface area contributed by atoms with Crippen LogP contribution in [-0.4, -0.2) is 85.0 Å². The fourth-order valence-corrected chi connectivity index (χ4v) is 6.47. The zero-order chi connectivity index (χ0) is 26.6. The number of piperidine rings is 1. The molecule has 36 heavy (non-hydrogen) atoms. The molecule has 4 N–H and O–H groups in total. The predicted molar refractivity (Wildman–Crippen MR) is 145 cm³/mol. The third-order valence-electron chi connectivity index (χ3n) is 5.88. The number of anilines is 1. The van der Waals surface area contributed by atoms with E-state index in [1.165, 1.54) is 7.11 Å². The fraction of sp³-hybridized carbons (Fsp3) is 0.545. The van der Waals surface area contributed by atoms with Gasteiger partial charge in [-0.2, -0.15) is 0 Å². The highest BCUT2D eigenvalue weighted by atomic mass is 127. The van der Waals surface area contributed by atoms with Gasteiger partial charge in [0.15, 0.2) is 10.8 Å². The fourth-order valence-electron chi connectivity index (χ4n) is 4.01. The van der Waals surface area contributed by atoms with Crippen molar-refractivity contribution in [3.8, 4) is 0 Å². The van der Waals surface area contributed by atoms with Gasteiger partial charge >= 0.3 is 5.97 Å². The number of H-pyrrole nitrogens is 1. The SMILES string of the molecule is COC[C@H](C)NC(=O)c1nc(N2CCC(NC(=O)c3[nH]c(C)c(CI)c3Cl)[C@@H](OC)C2)sc1C(=O)O. The van der Waals surface area contributed by atoms with Crippen LogP contribution in [-0.2, 0) is 13.9 Å². The van der Waals surface area contributed by atoms with Crippen molar-refractivity contribution in [2.24, 2.45) is 0 Å². The Hall–Kier alpha value is -1.94. The van der Waals surface area contributed by atoms with Crippen LogP contribution in [0.3, 0.4) is 0 Å². The molecule has 0 aliphatic carbocycles. The average molecular weight is 654 g/mol. The number of nitrogens with one attached hydrogen (secondary N) is 3. The first-order valence-electron chi connectivity index (χ1n) is 11.2. The van der Waals surface area contributed by atoms with Crippen LogP contribution >= 0.6 is 45.5 Å². The second kappa shape index (κ2) is 12.5. The minimum Gasteiger partial charge on any atom is -0.477 e. The number of thiazole rings is 1. The predicted octanol–water partition coefficient (Wildman–Crippen LogP) is 2.85. The van der Waals surface area contributed by atoms with Gasteiger partial charge in [0.25, 0.3) is 11.8 Å². The van der Waals surface area contributed by atoms with Crippen molar-refractivity contribution in [1.82, 2.24) is 20.6 Å². The maximum absolute atomic E-state index is 12.9. The molecule has 1 fully saturated rings. The Kier molecular flexibility index (Phi) is 9.97. The molecular weight excluding hydrogens is 625 g/mol. The number of amides is 2. The molecule has 14 heteroatoms. The summed E-state index contributed by atoms with van der Waals surface area (Å²) in [6, 6.07) is -0.602. The summed E-state index contributed by atoms with van der Waals surface area (Å²) in [5.41, 5.74) is 1.93. The van der Waals surface area contributed by atoms with Gasteiger partial charge < -0.3 is 35.1 Å². The van der Waals surface area contributed by atoms with Crippen LogP contribution in [0.25, 0.3) is 0 Å². The van der Waals surface area contributed by atoms with Gasteiger partial charge in [-0.05, 0) is 20.3 Å². The van der Waals surface area contributed by atoms with E-state index in [1.807, 2.05) is 11.8 Å². The van der Waals surface area contributed by atoms with Crippen LogP contribution in [0.15, 0.2) is 0 Å². The van der Waals surface area contributed by atoms with Crippen molar-refractivity contribution in [2.75, 3.05) is 38.8 Å². The van der Waals surface area contributed by atoms with E-state index < -0.39 is 18.0 Å². The highest BCUT2D eigenvalue weighted by Gasteiger charge is 2.34. The first-order valence-corrected chi connectivity index (χ1v) is 13.9. The molecule has 1 saturated heterocycles. The number of nitrogens with zero attached hydrogens (tertiary/aromatic N) is 2. The Morgan fingerprint density at radius 1 is 1.36 bits per heavy atom. The van der Waals surface area contributed by atoms with Crippen LogP contribution in [0.4, 0.5) is 5.13 Å². The number of halogens is 2. The molecule has 11 nitrogen and oxygen atoms in total. The minimum atomic E-state index is -1.22. The van der Waals surface area contributed by atoms with E-state index in [0.717, 1.165) is 22.6 Å². The standard InChI is InChI=1S/C22H29ClIN5O6S/c1-10(9-34-3)25-20(31)17-18(21(32)33)36-22(28-17)29-6-5-13(14(8-29)35-4)27-19(30)16-15(23)12(7-24)11(2)26-16/h10,13-14,26H,5-9H2,1-4H3,(H,25,31)(H,27,30)(H,32,33)/t10-,13?,14-/m0/s1. The van der Waals surface area contributed by atoms with E-state index in [1.54, 1.807) is 14.0 Å². The molecule has 3 rings (SSSR count). The summed E-state index contributed by atoms with van der Waals surface area (Å²) < 4.78 is 11.4. The molecule has 1 aliphatic rings. The lowest BCUT2D eigenvalue weighted by molar-refractivity contribution is 0.0540. The normalized spacial score (nSPS) is 18.7. The molecule has 3 atom stereocenters. The molecule has 1 aliphatic heterocycles. The van der Waals surface area contributed by atoms with Gasteiger partial charge in [-0.15, -0.1) is 0 Å². The second-order valence-electron chi connectivity index (χ2n) is 8.45. The lowest BCUT2D eigenvalue weighted by atomic mass is 10.0. The topological polar surface area (TPSA) is 146 Å². The molecule has 3 heterocycles. The van der Waals surface area contributed by atoms with Gasteiger partial charge in [0.2, 0.25) is 0 Å². The summed E-state index contributed by atoms with van der Waals surface area (Å²) >= 11 is 9.54. The highest BCUT2D eigenvalue weighted by molar-refractivity contribution is 14.1. The molecule has 0 bridgehead atoms. The van der Waals surface area contributed by atoms with Crippen LogP contribution in [0.1, 0.15) is 55.3 Å². The number of carbonyl (C=O) groups is 3. The van der Waals surface area contributed by atoms with E-state index in [4.69, 9.17) is 21.1 Å². The van der Waals surface area contributed by atoms with Gasteiger partial charge in [-0.25, -0.2) is 9.78 Å². The molecule has 0 aromatic carbocycles. The molecule has 0 radical (unpaired) electrons. The summed E-state index contributed by atoms with van der Waals surface area (Å²) in [7, 11) is 3.06. The zero-order valence-corrected chi connectivity index (χ0v) is 24.0. The quantitative estimate of drug-likeness (QED) is 0.226. The van der Waals surface area contributed by atoms with Crippen molar-refractivity contribution in [3.63, 3.8) is 0 Å². The van der Waals surface area contributed by atoms with E-state index in [2.05, 4.69) is 43.2 Å². The number of carboxylic acid groups (broad SMARTS) is 1. The molecule has 0 spiro atoms. The van der Waals surface area contributed by atoms with Crippen molar-refractivity contribution in [2.45, 2.75) is 42.9 Å². The molecule has 2 amide bonds. The van der Waals surface area contributed by atoms with Gasteiger partial charge in [0, 0.05) is 49.0 Å². The first-order chi connectivity index (χ1) is 17.1. The summed E-state index contributed by atoms with van der Waals surface area (Å²) in [6.07, 6.45) is 0.132. The number of aryl methyl sites for hydroxylation is 1. The molecule has 198 valence electrons. The number of alkyl halides is 1. The maximum atomic E-state index is 12.9. The van der Waals surface area contributed by atoms with Crippen molar-refractivity contribution in [1.29, 1.82) is 0 Å². The monoisotopic (exact) mass is 653 g/mol. The number of hydrogen-bond donors (Lipinski definition) is 4. The zero-order valence-electron chi connectivity index (χ0n) is 20.3. The van der Waals surface area contributed by atoms with E-state index in [-0.39, 0.29) is 35.2 Å². The largest absolute Gasteiger partial charge is 0.477 e. The summed E-state index contributed by atoms with van der Waals surface area (Å²) in [4.78, 5) is 46.5. The summed E-state index contributed by atoms with van der Waals surface area (Å²) in [6.45, 7) is 4.74. The number of aromatic carboxylic acids is 1. The maximum Gasteiger partial charge on any atom is 0.348 e. The van der Waals surface area contributed by atoms with Crippen LogP contribution in [0.2, 0.25) is 5.02 Å². The molecule has 0 saturated carbocycles. The van der Waals surface area contributed by atoms with Crippen molar-refractivity contribution >= 4 is 68.4 Å². The third kappa shape index (κ3) is 6.30. The molecule has 2 aromatic rings. The van der Waals surface area contributed by atoms with Crippen LogP contribution < -0.4 is 15.5 Å². The Morgan fingerprint density at radius 3 is 2.67 bits per heavy atom. The molecule has 1 unspecified atom stereocenters. The smallest absolute Gasteiger partial charge is 0.348 e. The van der Waals surface area contributed by atoms with E-state index in [0.29, 0.717) is 39.8 Å². The first kappa shape index (κ1) is 28.6.